The molecule has 6 nitrogen and oxygen atoms in total. The zero-order valence-corrected chi connectivity index (χ0v) is 17.7. The molecule has 2 heterocycles. The van der Waals surface area contributed by atoms with Crippen LogP contribution in [0.3, 0.4) is 0 Å². The van der Waals surface area contributed by atoms with E-state index in [4.69, 9.17) is 27.9 Å². The number of hydrogen-bond acceptors (Lipinski definition) is 4. The summed E-state index contributed by atoms with van der Waals surface area (Å²) in [5.74, 6) is -0.0707. The van der Waals surface area contributed by atoms with Crippen LogP contribution in [0.1, 0.15) is 26.7 Å². The number of amides is 1. The third-order valence-corrected chi connectivity index (χ3v) is 7.66. The Hall–Kier alpha value is -0.860. The predicted octanol–water partition coefficient (Wildman–Crippen LogP) is 3.03. The van der Waals surface area contributed by atoms with Crippen molar-refractivity contribution in [1.29, 1.82) is 0 Å². The van der Waals surface area contributed by atoms with Gasteiger partial charge in [-0.1, -0.05) is 23.2 Å². The average Bonchev–Trinajstić information content (AvgIpc) is 2.62. The van der Waals surface area contributed by atoms with E-state index in [0.717, 1.165) is 0 Å². The Kier molecular flexibility index (Phi) is 6.37. The third-order valence-electron chi connectivity index (χ3n) is 5.05. The monoisotopic (exact) mass is 434 g/mol. The van der Waals surface area contributed by atoms with Gasteiger partial charge in [-0.2, -0.15) is 4.31 Å². The van der Waals surface area contributed by atoms with E-state index < -0.39 is 10.0 Å². The summed E-state index contributed by atoms with van der Waals surface area (Å²) in [5.41, 5.74) is 0. The molecule has 2 saturated heterocycles. The average molecular weight is 435 g/mol. The lowest BCUT2D eigenvalue weighted by molar-refractivity contribution is -0.148. The lowest BCUT2D eigenvalue weighted by atomic mass is 9.96. The van der Waals surface area contributed by atoms with Gasteiger partial charge in [0, 0.05) is 37.1 Å². The highest BCUT2D eigenvalue weighted by Crippen LogP contribution is 2.31. The molecule has 2 aliphatic heterocycles. The van der Waals surface area contributed by atoms with E-state index in [2.05, 4.69) is 0 Å². The molecule has 2 fully saturated rings. The van der Waals surface area contributed by atoms with E-state index in [1.165, 1.54) is 16.4 Å². The minimum atomic E-state index is -3.73. The van der Waals surface area contributed by atoms with Crippen LogP contribution < -0.4 is 0 Å². The molecule has 0 saturated carbocycles. The van der Waals surface area contributed by atoms with Crippen molar-refractivity contribution in [2.24, 2.45) is 5.92 Å². The van der Waals surface area contributed by atoms with Gasteiger partial charge in [-0.3, -0.25) is 4.79 Å². The van der Waals surface area contributed by atoms with Crippen LogP contribution in [0.2, 0.25) is 10.0 Å². The maximum Gasteiger partial charge on any atom is 0.244 e. The molecule has 0 radical (unpaired) electrons. The molecular weight excluding hydrogens is 411 g/mol. The van der Waals surface area contributed by atoms with Gasteiger partial charge < -0.3 is 9.64 Å². The second kappa shape index (κ2) is 8.25. The summed E-state index contributed by atoms with van der Waals surface area (Å²) in [7, 11) is -3.73. The first-order valence-electron chi connectivity index (χ1n) is 9.08. The molecule has 2 unspecified atom stereocenters. The molecule has 150 valence electrons. The van der Waals surface area contributed by atoms with Crippen LogP contribution in [0.25, 0.3) is 0 Å². The first-order chi connectivity index (χ1) is 12.7. The van der Waals surface area contributed by atoms with Crippen molar-refractivity contribution in [3.05, 3.63) is 28.2 Å². The second-order valence-electron chi connectivity index (χ2n) is 7.25. The smallest absolute Gasteiger partial charge is 0.244 e. The maximum absolute atomic E-state index is 12.9. The van der Waals surface area contributed by atoms with Gasteiger partial charge in [0.25, 0.3) is 0 Å². The number of hydrogen-bond donors (Lipinski definition) is 0. The number of nitrogens with zero attached hydrogens (tertiary/aromatic N) is 2. The standard InChI is InChI=1S/C18H24Cl2N2O4S/c1-12-10-21(11-13(2)26-12)18(23)14-5-7-22(8-6-14)27(24,25)17-9-15(19)3-4-16(17)20/h3-4,9,12-14H,5-8,10-11H2,1-2H3. The minimum Gasteiger partial charge on any atom is -0.372 e. The summed E-state index contributed by atoms with van der Waals surface area (Å²) >= 11 is 12.0. The van der Waals surface area contributed by atoms with Crippen molar-refractivity contribution in [2.45, 2.75) is 43.8 Å². The predicted molar refractivity (Wildman–Crippen MR) is 105 cm³/mol. The lowest BCUT2D eigenvalue weighted by Gasteiger charge is -2.39. The number of morpholine rings is 1. The van der Waals surface area contributed by atoms with E-state index >= 15 is 0 Å². The number of ether oxygens (including phenoxy) is 1. The number of halogens is 2. The number of sulfonamides is 1. The van der Waals surface area contributed by atoms with Gasteiger partial charge in [-0.25, -0.2) is 8.42 Å². The molecule has 0 bridgehead atoms. The van der Waals surface area contributed by atoms with Crippen LogP contribution in [0.5, 0.6) is 0 Å². The molecule has 0 aromatic heterocycles. The van der Waals surface area contributed by atoms with Crippen LogP contribution in [0, 0.1) is 5.92 Å². The molecule has 1 aromatic rings. The molecule has 9 heteroatoms. The highest BCUT2D eigenvalue weighted by Gasteiger charge is 2.36. The summed E-state index contributed by atoms with van der Waals surface area (Å²) in [5, 5.41) is 0.465. The van der Waals surface area contributed by atoms with Crippen LogP contribution in [0.4, 0.5) is 0 Å². The quantitative estimate of drug-likeness (QED) is 0.732. The molecule has 0 spiro atoms. The van der Waals surface area contributed by atoms with Crippen LogP contribution in [0.15, 0.2) is 23.1 Å². The summed E-state index contributed by atoms with van der Waals surface area (Å²) < 4.78 is 32.9. The zero-order chi connectivity index (χ0) is 19.8. The number of benzene rings is 1. The first kappa shape index (κ1) is 20.9. The molecule has 2 aliphatic rings. The highest BCUT2D eigenvalue weighted by atomic mass is 35.5. The fourth-order valence-corrected chi connectivity index (χ4v) is 5.98. The van der Waals surface area contributed by atoms with Gasteiger partial charge in [0.1, 0.15) is 4.90 Å². The first-order valence-corrected chi connectivity index (χ1v) is 11.3. The molecule has 27 heavy (non-hydrogen) atoms. The van der Waals surface area contributed by atoms with Gasteiger partial charge in [0.05, 0.1) is 17.2 Å². The normalized spacial score (nSPS) is 25.6. The molecule has 0 N–H and O–H groups in total. The van der Waals surface area contributed by atoms with Crippen molar-refractivity contribution in [1.82, 2.24) is 9.21 Å². The van der Waals surface area contributed by atoms with Crippen molar-refractivity contribution in [2.75, 3.05) is 26.2 Å². The molecule has 1 amide bonds. The van der Waals surface area contributed by atoms with Gasteiger partial charge in [-0.05, 0) is 44.9 Å². The van der Waals surface area contributed by atoms with E-state index in [9.17, 15) is 13.2 Å². The molecule has 2 atom stereocenters. The summed E-state index contributed by atoms with van der Waals surface area (Å²) in [6.07, 6.45) is 1.03. The molecule has 1 aromatic carbocycles. The fourth-order valence-electron chi connectivity index (χ4n) is 3.77. The fraction of sp³-hybridized carbons (Fsp3) is 0.611. The van der Waals surface area contributed by atoms with E-state index in [1.807, 2.05) is 18.7 Å². The number of carbonyl (C=O) groups excluding carboxylic acids is 1. The largest absolute Gasteiger partial charge is 0.372 e. The number of carbonyl (C=O) groups is 1. The van der Waals surface area contributed by atoms with Crippen LogP contribution >= 0.6 is 23.2 Å². The Morgan fingerprint density at radius 2 is 1.70 bits per heavy atom. The summed E-state index contributed by atoms with van der Waals surface area (Å²) in [6.45, 7) is 5.66. The van der Waals surface area contributed by atoms with Crippen molar-refractivity contribution in [3.63, 3.8) is 0 Å². The van der Waals surface area contributed by atoms with E-state index in [-0.39, 0.29) is 47.0 Å². The Balaban J connectivity index is 1.66. The third kappa shape index (κ3) is 4.59. The van der Waals surface area contributed by atoms with E-state index in [0.29, 0.717) is 31.0 Å². The highest BCUT2D eigenvalue weighted by molar-refractivity contribution is 7.89. The Morgan fingerprint density at radius 1 is 1.11 bits per heavy atom. The second-order valence-corrected chi connectivity index (χ2v) is 10.0. The number of piperidine rings is 1. The SMILES string of the molecule is CC1CN(C(=O)C2CCN(S(=O)(=O)c3cc(Cl)ccc3Cl)CC2)CC(C)O1. The summed E-state index contributed by atoms with van der Waals surface area (Å²) in [4.78, 5) is 14.7. The van der Waals surface area contributed by atoms with Crippen LogP contribution in [-0.2, 0) is 19.6 Å². The van der Waals surface area contributed by atoms with Crippen LogP contribution in [-0.4, -0.2) is 61.9 Å². The Morgan fingerprint density at radius 3 is 2.30 bits per heavy atom. The zero-order valence-electron chi connectivity index (χ0n) is 15.4. The van der Waals surface area contributed by atoms with Crippen molar-refractivity contribution >= 4 is 39.1 Å². The van der Waals surface area contributed by atoms with Crippen molar-refractivity contribution in [3.8, 4) is 0 Å². The number of rotatable bonds is 3. The van der Waals surface area contributed by atoms with E-state index in [1.54, 1.807) is 6.07 Å². The Bertz CT molecular complexity index is 800. The minimum absolute atomic E-state index is 0.0114. The summed E-state index contributed by atoms with van der Waals surface area (Å²) in [6, 6.07) is 4.40. The Labute approximate surface area is 170 Å². The topological polar surface area (TPSA) is 66.9 Å². The van der Waals surface area contributed by atoms with Gasteiger partial charge >= 0.3 is 0 Å². The molecule has 3 rings (SSSR count). The van der Waals surface area contributed by atoms with Gasteiger partial charge in [0.15, 0.2) is 0 Å². The van der Waals surface area contributed by atoms with Crippen molar-refractivity contribution < 1.29 is 17.9 Å². The molecule has 0 aliphatic carbocycles. The van der Waals surface area contributed by atoms with Gasteiger partial charge in [-0.15, -0.1) is 0 Å². The maximum atomic E-state index is 12.9. The lowest BCUT2D eigenvalue weighted by Crippen LogP contribution is -2.51. The molecular formula is C18H24Cl2N2O4S. The van der Waals surface area contributed by atoms with Gasteiger partial charge in [0.2, 0.25) is 15.9 Å².